The van der Waals surface area contributed by atoms with Crippen LogP contribution in [0.5, 0.6) is 0 Å². The largest absolute Gasteiger partial charge is 0.312 e. The van der Waals surface area contributed by atoms with Crippen LogP contribution in [-0.4, -0.2) is 44.2 Å². The average Bonchev–Trinajstić information content (AvgIpc) is 3.00. The second-order valence-electron chi connectivity index (χ2n) is 4.87. The Hall–Kier alpha value is -0.130. The molecule has 4 nitrogen and oxygen atoms in total. The molecule has 94 valence electrons. The van der Waals surface area contributed by atoms with E-state index in [1.165, 1.54) is 12.8 Å². The Balaban J connectivity index is 1.71. The van der Waals surface area contributed by atoms with E-state index in [9.17, 15) is 8.42 Å². The van der Waals surface area contributed by atoms with Gasteiger partial charge in [-0.15, -0.1) is 0 Å². The van der Waals surface area contributed by atoms with Crippen molar-refractivity contribution >= 4 is 10.0 Å². The third-order valence-corrected chi connectivity index (χ3v) is 5.56. The van der Waals surface area contributed by atoms with Crippen molar-refractivity contribution in [2.24, 2.45) is 5.92 Å². The van der Waals surface area contributed by atoms with Crippen LogP contribution in [0.15, 0.2) is 0 Å². The van der Waals surface area contributed by atoms with Crippen molar-refractivity contribution in [3.63, 3.8) is 0 Å². The zero-order chi connectivity index (χ0) is 11.6. The maximum atomic E-state index is 11.6. The Labute approximate surface area is 98.4 Å². The summed E-state index contributed by atoms with van der Waals surface area (Å²) in [6.07, 6.45) is 4.63. The fraction of sp³-hybridized carbons (Fsp3) is 1.00. The van der Waals surface area contributed by atoms with Crippen LogP contribution in [0.4, 0.5) is 0 Å². The van der Waals surface area contributed by atoms with Crippen LogP contribution in [0, 0.1) is 5.92 Å². The third kappa shape index (κ3) is 2.96. The second-order valence-corrected chi connectivity index (χ2v) is 6.96. The Kier molecular flexibility index (Phi) is 3.87. The van der Waals surface area contributed by atoms with Crippen molar-refractivity contribution in [1.29, 1.82) is 0 Å². The molecule has 1 aliphatic heterocycles. The monoisotopic (exact) mass is 246 g/mol. The predicted molar refractivity (Wildman–Crippen MR) is 64.8 cm³/mol. The van der Waals surface area contributed by atoms with Gasteiger partial charge < -0.3 is 5.32 Å². The lowest BCUT2D eigenvalue weighted by Crippen LogP contribution is -2.38. The molecule has 1 unspecified atom stereocenters. The highest BCUT2D eigenvalue weighted by Crippen LogP contribution is 2.33. The van der Waals surface area contributed by atoms with Gasteiger partial charge in [-0.05, 0) is 31.6 Å². The summed E-state index contributed by atoms with van der Waals surface area (Å²) in [5, 5.41) is 3.49. The molecule has 2 rings (SSSR count). The predicted octanol–water partition coefficient (Wildman–Crippen LogP) is 0.800. The van der Waals surface area contributed by atoms with Gasteiger partial charge in [-0.2, -0.15) is 0 Å². The van der Waals surface area contributed by atoms with Gasteiger partial charge in [0.1, 0.15) is 0 Å². The molecule has 0 spiro atoms. The smallest absolute Gasteiger partial charge is 0.214 e. The molecule has 2 fully saturated rings. The molecule has 1 aliphatic carbocycles. The van der Waals surface area contributed by atoms with Gasteiger partial charge in [0.25, 0.3) is 0 Å². The van der Waals surface area contributed by atoms with Gasteiger partial charge in [-0.1, -0.05) is 6.92 Å². The van der Waals surface area contributed by atoms with E-state index < -0.39 is 10.0 Å². The van der Waals surface area contributed by atoms with Crippen LogP contribution < -0.4 is 5.32 Å². The molecular weight excluding hydrogens is 224 g/mol. The molecule has 2 aliphatic rings. The van der Waals surface area contributed by atoms with Gasteiger partial charge in [0, 0.05) is 25.7 Å². The number of nitrogens with zero attached hydrogens (tertiary/aromatic N) is 1. The first kappa shape index (κ1) is 12.3. The van der Waals surface area contributed by atoms with Gasteiger partial charge in [0.05, 0.1) is 5.75 Å². The first-order valence-electron chi connectivity index (χ1n) is 6.34. The molecular formula is C11H22N2O2S. The van der Waals surface area contributed by atoms with Crippen molar-refractivity contribution in [2.45, 2.75) is 38.6 Å². The first-order chi connectivity index (χ1) is 7.63. The van der Waals surface area contributed by atoms with E-state index in [0.29, 0.717) is 24.9 Å². The van der Waals surface area contributed by atoms with Crippen LogP contribution in [0.25, 0.3) is 0 Å². The van der Waals surface area contributed by atoms with E-state index in [2.05, 4.69) is 12.2 Å². The summed E-state index contributed by atoms with van der Waals surface area (Å²) >= 11 is 0. The quantitative estimate of drug-likeness (QED) is 0.754. The highest BCUT2D eigenvalue weighted by molar-refractivity contribution is 7.89. The summed E-state index contributed by atoms with van der Waals surface area (Å²) in [6, 6.07) is 0.602. The molecule has 1 saturated heterocycles. The molecule has 0 aromatic heterocycles. The number of rotatable bonds is 6. The molecule has 1 atom stereocenters. The van der Waals surface area contributed by atoms with Gasteiger partial charge in [0.15, 0.2) is 0 Å². The van der Waals surface area contributed by atoms with Crippen molar-refractivity contribution < 1.29 is 8.42 Å². The standard InChI is InChI=1S/C11H22N2O2S/c1-2-11(10-4-5-10)12-6-8-13-7-3-9-16(13,14)15/h10-12H,2-9H2,1H3. The minimum absolute atomic E-state index is 0.340. The molecule has 0 aromatic carbocycles. The van der Waals surface area contributed by atoms with E-state index in [-0.39, 0.29) is 0 Å². The van der Waals surface area contributed by atoms with E-state index in [0.717, 1.165) is 25.3 Å². The highest BCUT2D eigenvalue weighted by atomic mass is 32.2. The summed E-state index contributed by atoms with van der Waals surface area (Å²) in [5.74, 6) is 1.19. The molecule has 0 radical (unpaired) electrons. The fourth-order valence-corrected chi connectivity index (χ4v) is 3.99. The van der Waals surface area contributed by atoms with E-state index in [1.54, 1.807) is 4.31 Å². The normalized spacial score (nSPS) is 27.1. The molecule has 1 saturated carbocycles. The van der Waals surface area contributed by atoms with Gasteiger partial charge >= 0.3 is 0 Å². The van der Waals surface area contributed by atoms with Crippen molar-refractivity contribution in [3.05, 3.63) is 0 Å². The molecule has 5 heteroatoms. The Morgan fingerprint density at radius 3 is 2.69 bits per heavy atom. The Morgan fingerprint density at radius 1 is 1.44 bits per heavy atom. The summed E-state index contributed by atoms with van der Waals surface area (Å²) in [5.41, 5.74) is 0. The van der Waals surface area contributed by atoms with Crippen LogP contribution in [0.2, 0.25) is 0 Å². The summed E-state index contributed by atoms with van der Waals surface area (Å²) in [7, 11) is -2.90. The van der Waals surface area contributed by atoms with Crippen LogP contribution in [-0.2, 0) is 10.0 Å². The minimum Gasteiger partial charge on any atom is -0.312 e. The average molecular weight is 246 g/mol. The Morgan fingerprint density at radius 2 is 2.19 bits per heavy atom. The zero-order valence-corrected chi connectivity index (χ0v) is 10.8. The Bertz CT molecular complexity index is 325. The third-order valence-electron chi connectivity index (χ3n) is 3.60. The van der Waals surface area contributed by atoms with E-state index >= 15 is 0 Å². The number of hydrogen-bond donors (Lipinski definition) is 1. The summed E-state index contributed by atoms with van der Waals surface area (Å²) < 4.78 is 24.7. The number of nitrogens with one attached hydrogen (secondary N) is 1. The van der Waals surface area contributed by atoms with Crippen LogP contribution >= 0.6 is 0 Å². The minimum atomic E-state index is -2.90. The molecule has 0 bridgehead atoms. The van der Waals surface area contributed by atoms with Crippen molar-refractivity contribution in [3.8, 4) is 0 Å². The first-order valence-corrected chi connectivity index (χ1v) is 7.95. The number of hydrogen-bond acceptors (Lipinski definition) is 3. The number of sulfonamides is 1. The zero-order valence-electron chi connectivity index (χ0n) is 9.98. The topological polar surface area (TPSA) is 49.4 Å². The highest BCUT2D eigenvalue weighted by Gasteiger charge is 2.31. The summed E-state index contributed by atoms with van der Waals surface area (Å²) in [6.45, 7) is 4.35. The van der Waals surface area contributed by atoms with E-state index in [4.69, 9.17) is 0 Å². The SMILES string of the molecule is CCC(NCCN1CCCS1(=O)=O)C1CC1. The molecule has 0 aromatic rings. The fourth-order valence-electron chi connectivity index (χ4n) is 2.46. The summed E-state index contributed by atoms with van der Waals surface area (Å²) in [4.78, 5) is 0. The molecule has 1 N–H and O–H groups in total. The maximum absolute atomic E-state index is 11.6. The molecule has 16 heavy (non-hydrogen) atoms. The van der Waals surface area contributed by atoms with Gasteiger partial charge in [0.2, 0.25) is 10.0 Å². The van der Waals surface area contributed by atoms with Crippen LogP contribution in [0.1, 0.15) is 32.6 Å². The lowest BCUT2D eigenvalue weighted by molar-refractivity contribution is 0.393. The van der Waals surface area contributed by atoms with Crippen LogP contribution in [0.3, 0.4) is 0 Å². The molecule has 1 heterocycles. The van der Waals surface area contributed by atoms with Gasteiger partial charge in [-0.25, -0.2) is 12.7 Å². The lowest BCUT2D eigenvalue weighted by Gasteiger charge is -2.19. The van der Waals surface area contributed by atoms with E-state index in [1.807, 2.05) is 0 Å². The lowest BCUT2D eigenvalue weighted by atomic mass is 10.1. The van der Waals surface area contributed by atoms with Crippen molar-refractivity contribution in [1.82, 2.24) is 9.62 Å². The maximum Gasteiger partial charge on any atom is 0.214 e. The second kappa shape index (κ2) is 5.02. The molecule has 0 amide bonds. The van der Waals surface area contributed by atoms with Crippen molar-refractivity contribution in [2.75, 3.05) is 25.4 Å². The van der Waals surface area contributed by atoms with Gasteiger partial charge in [-0.3, -0.25) is 0 Å².